The van der Waals surface area contributed by atoms with Gasteiger partial charge in [0, 0.05) is 43.4 Å². The highest BCUT2D eigenvalue weighted by molar-refractivity contribution is 6.04. The molecule has 1 unspecified atom stereocenters. The van der Waals surface area contributed by atoms with Crippen LogP contribution in [-0.4, -0.2) is 56.5 Å². The van der Waals surface area contributed by atoms with E-state index < -0.39 is 0 Å². The number of carbonyl (C=O) groups is 1. The zero-order valence-electron chi connectivity index (χ0n) is 16.2. The molecule has 1 saturated heterocycles. The minimum Gasteiger partial charge on any atom is -0.493 e. The molecule has 150 valence electrons. The first-order valence-corrected chi connectivity index (χ1v) is 8.93. The third-order valence-corrected chi connectivity index (χ3v) is 4.35. The van der Waals surface area contributed by atoms with Crippen molar-refractivity contribution in [3.63, 3.8) is 0 Å². The number of aromatic nitrogens is 2. The van der Waals surface area contributed by atoms with Gasteiger partial charge < -0.3 is 29.6 Å². The Labute approximate surface area is 163 Å². The number of benzene rings is 1. The van der Waals surface area contributed by atoms with E-state index in [4.69, 9.17) is 18.9 Å². The molecule has 2 aromatic rings. The normalized spacial score (nSPS) is 15.8. The molecule has 0 bridgehead atoms. The van der Waals surface area contributed by atoms with Crippen LogP contribution in [0.1, 0.15) is 23.2 Å². The zero-order valence-corrected chi connectivity index (χ0v) is 16.2. The van der Waals surface area contributed by atoms with E-state index in [1.54, 1.807) is 12.1 Å². The minimum atomic E-state index is -0.347. The molecule has 1 amide bonds. The lowest BCUT2D eigenvalue weighted by Gasteiger charge is -2.14. The van der Waals surface area contributed by atoms with Crippen molar-refractivity contribution < 1.29 is 23.7 Å². The van der Waals surface area contributed by atoms with Crippen LogP contribution in [0.15, 0.2) is 24.5 Å². The molecule has 0 spiro atoms. The number of hydrogen-bond donors (Lipinski definition) is 2. The topological polar surface area (TPSA) is 104 Å². The third kappa shape index (κ3) is 4.61. The average Bonchev–Trinajstić information content (AvgIpc) is 3.25. The summed E-state index contributed by atoms with van der Waals surface area (Å²) in [6, 6.07) is 3.30. The fourth-order valence-electron chi connectivity index (χ4n) is 2.90. The SMILES string of the molecule is COc1cc(NC(=O)c2cnc(NCC3CCCO3)nc2)cc(OC)c1OC. The summed E-state index contributed by atoms with van der Waals surface area (Å²) in [5.41, 5.74) is 0.830. The molecule has 2 N–H and O–H groups in total. The number of hydrogen-bond acceptors (Lipinski definition) is 8. The van der Waals surface area contributed by atoms with Crippen molar-refractivity contribution in [3.05, 3.63) is 30.1 Å². The molecule has 9 heteroatoms. The van der Waals surface area contributed by atoms with Gasteiger partial charge in [0.15, 0.2) is 11.5 Å². The second-order valence-corrected chi connectivity index (χ2v) is 6.18. The van der Waals surface area contributed by atoms with Gasteiger partial charge in [-0.1, -0.05) is 0 Å². The third-order valence-electron chi connectivity index (χ3n) is 4.35. The van der Waals surface area contributed by atoms with E-state index in [0.29, 0.717) is 41.0 Å². The van der Waals surface area contributed by atoms with Gasteiger partial charge >= 0.3 is 0 Å². The fourth-order valence-corrected chi connectivity index (χ4v) is 2.90. The highest BCUT2D eigenvalue weighted by Crippen LogP contribution is 2.40. The van der Waals surface area contributed by atoms with Crippen LogP contribution in [0, 0.1) is 0 Å². The monoisotopic (exact) mass is 388 g/mol. The molecule has 1 fully saturated rings. The lowest BCUT2D eigenvalue weighted by Crippen LogP contribution is -2.20. The Morgan fingerprint density at radius 3 is 2.36 bits per heavy atom. The second kappa shape index (κ2) is 9.23. The summed E-state index contributed by atoms with van der Waals surface area (Å²) < 4.78 is 21.4. The van der Waals surface area contributed by atoms with E-state index in [1.165, 1.54) is 33.7 Å². The molecule has 1 aromatic carbocycles. The Balaban J connectivity index is 1.65. The van der Waals surface area contributed by atoms with Gasteiger partial charge in [0.1, 0.15) is 0 Å². The standard InChI is InChI=1S/C19H24N4O5/c1-25-15-7-13(8-16(26-2)17(15)27-3)23-18(24)12-9-20-19(21-10-12)22-11-14-5-4-6-28-14/h7-10,14H,4-6,11H2,1-3H3,(H,23,24)(H,20,21,22). The highest BCUT2D eigenvalue weighted by atomic mass is 16.5. The van der Waals surface area contributed by atoms with Crippen LogP contribution in [-0.2, 0) is 4.74 Å². The Morgan fingerprint density at radius 2 is 1.82 bits per heavy atom. The summed E-state index contributed by atoms with van der Waals surface area (Å²) in [6.45, 7) is 1.45. The smallest absolute Gasteiger partial charge is 0.258 e. The van der Waals surface area contributed by atoms with Crippen LogP contribution in [0.2, 0.25) is 0 Å². The van der Waals surface area contributed by atoms with Crippen LogP contribution in [0.4, 0.5) is 11.6 Å². The van der Waals surface area contributed by atoms with Crippen molar-refractivity contribution >= 4 is 17.5 Å². The number of amides is 1. The molecule has 28 heavy (non-hydrogen) atoms. The Hall–Kier alpha value is -3.07. The van der Waals surface area contributed by atoms with E-state index in [2.05, 4.69) is 20.6 Å². The Bertz CT molecular complexity index is 781. The number of carbonyl (C=O) groups excluding carboxylic acids is 1. The van der Waals surface area contributed by atoms with Gasteiger partial charge in [0.05, 0.1) is 33.0 Å². The minimum absolute atomic E-state index is 0.187. The van der Waals surface area contributed by atoms with Crippen molar-refractivity contribution in [1.29, 1.82) is 0 Å². The predicted molar refractivity (Wildman–Crippen MR) is 104 cm³/mol. The molecule has 2 heterocycles. The van der Waals surface area contributed by atoms with E-state index in [-0.39, 0.29) is 12.0 Å². The van der Waals surface area contributed by atoms with Gasteiger partial charge in [-0.25, -0.2) is 9.97 Å². The summed E-state index contributed by atoms with van der Waals surface area (Å²) >= 11 is 0. The van der Waals surface area contributed by atoms with Gasteiger partial charge in [0.25, 0.3) is 5.91 Å². The van der Waals surface area contributed by atoms with Crippen LogP contribution < -0.4 is 24.8 Å². The molecule has 0 radical (unpaired) electrons. The molecule has 0 aliphatic carbocycles. The molecule has 0 saturated carbocycles. The van der Waals surface area contributed by atoms with Crippen LogP contribution in [0.3, 0.4) is 0 Å². The molecule has 1 atom stereocenters. The van der Waals surface area contributed by atoms with E-state index in [1.807, 2.05) is 0 Å². The first kappa shape index (κ1) is 19.7. The van der Waals surface area contributed by atoms with E-state index in [9.17, 15) is 4.79 Å². The first-order chi connectivity index (χ1) is 13.6. The number of rotatable bonds is 8. The van der Waals surface area contributed by atoms with Crippen molar-refractivity contribution in [2.75, 3.05) is 45.1 Å². The maximum absolute atomic E-state index is 12.5. The van der Waals surface area contributed by atoms with Gasteiger partial charge in [-0.2, -0.15) is 0 Å². The van der Waals surface area contributed by atoms with Gasteiger partial charge in [-0.3, -0.25) is 4.79 Å². The van der Waals surface area contributed by atoms with Crippen molar-refractivity contribution in [2.45, 2.75) is 18.9 Å². The Kier molecular flexibility index (Phi) is 6.49. The lowest BCUT2D eigenvalue weighted by atomic mass is 10.2. The summed E-state index contributed by atoms with van der Waals surface area (Å²) in [7, 11) is 4.54. The van der Waals surface area contributed by atoms with Crippen molar-refractivity contribution in [1.82, 2.24) is 9.97 Å². The zero-order chi connectivity index (χ0) is 19.9. The number of ether oxygens (including phenoxy) is 4. The summed E-state index contributed by atoms with van der Waals surface area (Å²) in [6.07, 6.45) is 5.23. The van der Waals surface area contributed by atoms with Gasteiger partial charge in [-0.15, -0.1) is 0 Å². The lowest BCUT2D eigenvalue weighted by molar-refractivity contribution is 0.102. The maximum atomic E-state index is 12.5. The number of anilines is 2. The van der Waals surface area contributed by atoms with Crippen molar-refractivity contribution in [2.24, 2.45) is 0 Å². The summed E-state index contributed by atoms with van der Waals surface area (Å²) in [4.78, 5) is 20.9. The second-order valence-electron chi connectivity index (χ2n) is 6.18. The van der Waals surface area contributed by atoms with E-state index in [0.717, 1.165) is 19.4 Å². The molecule has 1 aliphatic rings. The molecule has 3 rings (SSSR count). The molecule has 1 aromatic heterocycles. The van der Waals surface area contributed by atoms with Crippen LogP contribution in [0.5, 0.6) is 17.2 Å². The fraction of sp³-hybridized carbons (Fsp3) is 0.421. The molecular weight excluding hydrogens is 364 g/mol. The maximum Gasteiger partial charge on any atom is 0.258 e. The summed E-state index contributed by atoms with van der Waals surface area (Å²) in [5, 5.41) is 5.90. The number of nitrogens with one attached hydrogen (secondary N) is 2. The number of methoxy groups -OCH3 is 3. The quantitative estimate of drug-likeness (QED) is 0.710. The molecule has 9 nitrogen and oxygen atoms in total. The predicted octanol–water partition coefficient (Wildman–Crippen LogP) is 2.35. The summed E-state index contributed by atoms with van der Waals surface area (Å²) in [5.74, 6) is 1.46. The van der Waals surface area contributed by atoms with Crippen LogP contribution >= 0.6 is 0 Å². The Morgan fingerprint density at radius 1 is 1.14 bits per heavy atom. The van der Waals surface area contributed by atoms with Gasteiger partial charge in [-0.05, 0) is 12.8 Å². The highest BCUT2D eigenvalue weighted by Gasteiger charge is 2.17. The first-order valence-electron chi connectivity index (χ1n) is 8.93. The van der Waals surface area contributed by atoms with E-state index >= 15 is 0 Å². The van der Waals surface area contributed by atoms with Crippen LogP contribution in [0.25, 0.3) is 0 Å². The molecule has 1 aliphatic heterocycles. The number of nitrogens with zero attached hydrogens (tertiary/aromatic N) is 2. The largest absolute Gasteiger partial charge is 0.493 e. The van der Waals surface area contributed by atoms with Gasteiger partial charge in [0.2, 0.25) is 11.7 Å². The average molecular weight is 388 g/mol. The van der Waals surface area contributed by atoms with Crippen molar-refractivity contribution in [3.8, 4) is 17.2 Å². The molecular formula is C19H24N4O5.